The fourth-order valence-corrected chi connectivity index (χ4v) is 4.17. The van der Waals surface area contributed by atoms with Crippen molar-refractivity contribution in [2.45, 2.75) is 32.9 Å². The van der Waals surface area contributed by atoms with E-state index in [0.29, 0.717) is 29.9 Å². The van der Waals surface area contributed by atoms with Gasteiger partial charge in [-0.1, -0.05) is 24.3 Å². The van der Waals surface area contributed by atoms with Crippen LogP contribution in [0.15, 0.2) is 51.7 Å². The number of aryl methyl sites for hydroxylation is 1. The monoisotopic (exact) mass is 450 g/mol. The van der Waals surface area contributed by atoms with Crippen LogP contribution in [0.25, 0.3) is 11.0 Å². The molecule has 0 aliphatic carbocycles. The summed E-state index contributed by atoms with van der Waals surface area (Å²) in [5.41, 5.74) is 3.75. The van der Waals surface area contributed by atoms with Crippen LogP contribution in [-0.2, 0) is 29.0 Å². The first-order valence-electron chi connectivity index (χ1n) is 11.3. The fraction of sp³-hybridized carbons (Fsp3) is 0.385. The zero-order valence-corrected chi connectivity index (χ0v) is 19.2. The van der Waals surface area contributed by atoms with Crippen LogP contribution in [0.3, 0.4) is 0 Å². The highest BCUT2D eigenvalue weighted by molar-refractivity contribution is 5.82. The van der Waals surface area contributed by atoms with Crippen molar-refractivity contribution in [2.24, 2.45) is 0 Å². The smallest absolute Gasteiger partial charge is 0.339 e. The van der Waals surface area contributed by atoms with Crippen LogP contribution in [0, 0.1) is 6.92 Å². The lowest BCUT2D eigenvalue weighted by Crippen LogP contribution is -2.35. The molecule has 1 aromatic heterocycles. The lowest BCUT2D eigenvalue weighted by Gasteiger charge is -2.26. The van der Waals surface area contributed by atoms with Crippen molar-refractivity contribution in [3.05, 3.63) is 75.1 Å². The van der Waals surface area contributed by atoms with Crippen LogP contribution in [0.2, 0.25) is 0 Å². The molecule has 1 aliphatic heterocycles. The summed E-state index contributed by atoms with van der Waals surface area (Å²) in [4.78, 5) is 27.3. The predicted octanol–water partition coefficient (Wildman–Crippen LogP) is 3.19. The number of morpholine rings is 1. The number of carbonyl (C=O) groups excluding carboxylic acids is 1. The van der Waals surface area contributed by atoms with E-state index in [2.05, 4.69) is 22.3 Å². The lowest BCUT2D eigenvalue weighted by molar-refractivity contribution is -0.121. The van der Waals surface area contributed by atoms with E-state index in [1.165, 1.54) is 5.56 Å². The van der Waals surface area contributed by atoms with Crippen molar-refractivity contribution in [3.63, 3.8) is 0 Å². The number of nitrogens with one attached hydrogen (secondary N) is 1. The van der Waals surface area contributed by atoms with Crippen molar-refractivity contribution >= 4 is 16.9 Å². The molecule has 2 aromatic carbocycles. The van der Waals surface area contributed by atoms with E-state index in [9.17, 15) is 9.59 Å². The average molecular weight is 451 g/mol. The molecule has 0 spiro atoms. The highest BCUT2D eigenvalue weighted by Gasteiger charge is 2.14. The molecule has 4 rings (SSSR count). The third-order valence-electron chi connectivity index (χ3n) is 6.09. The number of hydrogen-bond acceptors (Lipinski definition) is 6. The maximum atomic E-state index is 12.5. The Kier molecular flexibility index (Phi) is 7.42. The summed E-state index contributed by atoms with van der Waals surface area (Å²) in [5, 5.41) is 3.82. The van der Waals surface area contributed by atoms with Crippen LogP contribution >= 0.6 is 0 Å². The van der Waals surface area contributed by atoms with E-state index < -0.39 is 5.63 Å². The molecule has 0 atom stereocenters. The van der Waals surface area contributed by atoms with E-state index in [1.54, 1.807) is 13.2 Å². The van der Waals surface area contributed by atoms with Crippen molar-refractivity contribution in [2.75, 3.05) is 33.4 Å². The van der Waals surface area contributed by atoms with Gasteiger partial charge in [-0.25, -0.2) is 4.79 Å². The molecule has 3 aromatic rings. The van der Waals surface area contributed by atoms with Gasteiger partial charge >= 0.3 is 5.63 Å². The molecule has 0 bridgehead atoms. The molecule has 7 nitrogen and oxygen atoms in total. The quantitative estimate of drug-likeness (QED) is 0.531. The molecule has 1 saturated heterocycles. The molecule has 7 heteroatoms. The van der Waals surface area contributed by atoms with Gasteiger partial charge in [-0.15, -0.1) is 0 Å². The molecule has 0 unspecified atom stereocenters. The summed E-state index contributed by atoms with van der Waals surface area (Å²) < 4.78 is 16.1. The first kappa shape index (κ1) is 23.0. The van der Waals surface area contributed by atoms with Crippen molar-refractivity contribution < 1.29 is 18.7 Å². The van der Waals surface area contributed by atoms with Crippen molar-refractivity contribution in [3.8, 4) is 5.75 Å². The van der Waals surface area contributed by atoms with Gasteiger partial charge in [0, 0.05) is 49.6 Å². The molecule has 1 fully saturated rings. The second kappa shape index (κ2) is 10.6. The maximum Gasteiger partial charge on any atom is 0.339 e. The van der Waals surface area contributed by atoms with Gasteiger partial charge < -0.3 is 19.2 Å². The molecule has 0 saturated carbocycles. The molecular formula is C26H30N2O5. The molecular weight excluding hydrogens is 420 g/mol. The number of ether oxygens (including phenoxy) is 2. The number of rotatable bonds is 8. The third-order valence-corrected chi connectivity index (χ3v) is 6.09. The Bertz CT molecular complexity index is 1180. The Labute approximate surface area is 193 Å². The van der Waals surface area contributed by atoms with Crippen LogP contribution < -0.4 is 15.7 Å². The van der Waals surface area contributed by atoms with Gasteiger partial charge in [-0.2, -0.15) is 0 Å². The largest absolute Gasteiger partial charge is 0.497 e. The van der Waals surface area contributed by atoms with Crippen LogP contribution in [0.5, 0.6) is 5.75 Å². The maximum absolute atomic E-state index is 12.5. The van der Waals surface area contributed by atoms with Gasteiger partial charge in [0.25, 0.3) is 0 Å². The average Bonchev–Trinajstić information content (AvgIpc) is 2.83. The number of benzene rings is 2. The highest BCUT2D eigenvalue weighted by atomic mass is 16.5. The van der Waals surface area contributed by atoms with Crippen molar-refractivity contribution in [1.82, 2.24) is 10.2 Å². The second-order valence-electron chi connectivity index (χ2n) is 8.34. The number of methoxy groups -OCH3 is 1. The number of hydrogen-bond donors (Lipinski definition) is 1. The highest BCUT2D eigenvalue weighted by Crippen LogP contribution is 2.24. The van der Waals surface area contributed by atoms with Gasteiger partial charge in [0.05, 0.1) is 20.3 Å². The minimum Gasteiger partial charge on any atom is -0.497 e. The van der Waals surface area contributed by atoms with Gasteiger partial charge in [-0.05, 0) is 42.2 Å². The third kappa shape index (κ3) is 5.80. The second-order valence-corrected chi connectivity index (χ2v) is 8.34. The van der Waals surface area contributed by atoms with E-state index in [4.69, 9.17) is 13.9 Å². The van der Waals surface area contributed by atoms with E-state index in [1.807, 2.05) is 31.2 Å². The molecule has 174 valence electrons. The zero-order valence-electron chi connectivity index (χ0n) is 19.2. The van der Waals surface area contributed by atoms with Crippen LogP contribution in [0.1, 0.15) is 28.7 Å². The first-order chi connectivity index (χ1) is 16.0. The topological polar surface area (TPSA) is 81.0 Å². The Balaban J connectivity index is 1.34. The summed E-state index contributed by atoms with van der Waals surface area (Å²) in [6, 6.07) is 13.7. The molecule has 1 amide bonds. The van der Waals surface area contributed by atoms with E-state index in [0.717, 1.165) is 49.4 Å². The Morgan fingerprint density at radius 3 is 2.70 bits per heavy atom. The Hall–Kier alpha value is -3.16. The standard InChI is InChI=1S/C26H30N2O5/c1-18-22-7-6-21(31-2)15-24(22)33-26(30)23(18)8-9-25(29)27-16-19-4-3-5-20(14-19)17-28-10-12-32-13-11-28/h3-7,14-15H,8-13,16-17H2,1-2H3,(H,27,29). The van der Waals surface area contributed by atoms with E-state index in [-0.39, 0.29) is 12.3 Å². The van der Waals surface area contributed by atoms with Gasteiger partial charge in [0.1, 0.15) is 11.3 Å². The van der Waals surface area contributed by atoms with Gasteiger partial charge in [0.2, 0.25) is 5.91 Å². The lowest BCUT2D eigenvalue weighted by atomic mass is 10.0. The normalized spacial score (nSPS) is 14.4. The molecule has 1 aliphatic rings. The SMILES string of the molecule is COc1ccc2c(C)c(CCC(=O)NCc3cccc(CN4CCOCC4)c3)c(=O)oc2c1. The van der Waals surface area contributed by atoms with Crippen LogP contribution in [-0.4, -0.2) is 44.2 Å². The molecule has 1 N–H and O–H groups in total. The van der Waals surface area contributed by atoms with Crippen LogP contribution in [0.4, 0.5) is 0 Å². The molecule has 33 heavy (non-hydrogen) atoms. The summed E-state index contributed by atoms with van der Waals surface area (Å²) in [7, 11) is 1.57. The number of fused-ring (bicyclic) bond motifs is 1. The predicted molar refractivity (Wildman–Crippen MR) is 126 cm³/mol. The summed E-state index contributed by atoms with van der Waals surface area (Å²) in [5.74, 6) is 0.536. The summed E-state index contributed by atoms with van der Waals surface area (Å²) in [6.07, 6.45) is 0.555. The number of carbonyl (C=O) groups is 1. The summed E-state index contributed by atoms with van der Waals surface area (Å²) in [6.45, 7) is 6.67. The minimum absolute atomic E-state index is 0.0952. The number of amides is 1. The van der Waals surface area contributed by atoms with Gasteiger partial charge in [0.15, 0.2) is 0 Å². The van der Waals surface area contributed by atoms with E-state index >= 15 is 0 Å². The fourth-order valence-electron chi connectivity index (χ4n) is 4.17. The molecule has 2 heterocycles. The molecule has 0 radical (unpaired) electrons. The Morgan fingerprint density at radius 2 is 1.91 bits per heavy atom. The summed E-state index contributed by atoms with van der Waals surface area (Å²) >= 11 is 0. The Morgan fingerprint density at radius 1 is 1.12 bits per heavy atom. The first-order valence-corrected chi connectivity index (χ1v) is 11.3. The number of nitrogens with zero attached hydrogens (tertiary/aromatic N) is 1. The van der Waals surface area contributed by atoms with Crippen molar-refractivity contribution in [1.29, 1.82) is 0 Å². The van der Waals surface area contributed by atoms with Gasteiger partial charge in [-0.3, -0.25) is 9.69 Å². The zero-order chi connectivity index (χ0) is 23.2. The minimum atomic E-state index is -0.406.